The molecule has 5 heterocycles. The van der Waals surface area contributed by atoms with Gasteiger partial charge in [0.25, 0.3) is 0 Å². The van der Waals surface area contributed by atoms with Crippen LogP contribution < -0.4 is 16.2 Å². The molecule has 3 atom stereocenters. The topological polar surface area (TPSA) is 181 Å². The van der Waals surface area contributed by atoms with Gasteiger partial charge < -0.3 is 10.6 Å². The zero-order valence-corrected chi connectivity index (χ0v) is 37.7. The fraction of sp³-hybridized carbons (Fsp3) is 0.419. The molecule has 2 aromatic carbocycles. The summed E-state index contributed by atoms with van der Waals surface area (Å²) in [4.78, 5) is 71.6. The van der Waals surface area contributed by atoms with Gasteiger partial charge in [0.15, 0.2) is 11.5 Å². The Morgan fingerprint density at radius 3 is 2.34 bits per heavy atom. The first-order valence-electron chi connectivity index (χ1n) is 20.6. The Hall–Kier alpha value is -4.36. The first kappa shape index (κ1) is 44.7. The van der Waals surface area contributed by atoms with Crippen molar-refractivity contribution in [2.24, 2.45) is 10.2 Å². The zero-order chi connectivity index (χ0) is 42.4. The molecule has 0 bridgehead atoms. The molecule has 3 aromatic heterocycles. The number of aromatic amines is 1. The van der Waals surface area contributed by atoms with Crippen molar-refractivity contribution in [3.05, 3.63) is 87.5 Å². The number of benzene rings is 2. The molecule has 2 aliphatic rings. The number of unbranched alkanes of at least 4 members (excludes halogenated alkanes) is 3. The highest BCUT2D eigenvalue weighted by atomic mass is 33.1. The molecule has 0 radical (unpaired) electrons. The van der Waals surface area contributed by atoms with Crippen molar-refractivity contribution >= 4 is 90.2 Å². The van der Waals surface area contributed by atoms with Gasteiger partial charge in [-0.2, -0.15) is 16.4 Å². The van der Waals surface area contributed by atoms with Gasteiger partial charge >= 0.3 is 11.6 Å². The van der Waals surface area contributed by atoms with E-state index in [1.54, 1.807) is 33.2 Å². The first-order valence-corrected chi connectivity index (χ1v) is 25.9. The van der Waals surface area contributed by atoms with Gasteiger partial charge in [-0.1, -0.05) is 89.0 Å². The van der Waals surface area contributed by atoms with Gasteiger partial charge in [0, 0.05) is 88.3 Å². The number of rotatable bonds is 25. The molecule has 0 aliphatic carbocycles. The number of carbonyl (C=O) groups is 4. The minimum absolute atomic E-state index is 0.0559. The molecule has 320 valence electrons. The van der Waals surface area contributed by atoms with Crippen LogP contribution in [0.25, 0.3) is 27.6 Å². The van der Waals surface area contributed by atoms with Crippen molar-refractivity contribution in [2.45, 2.75) is 94.4 Å². The Morgan fingerprint density at radius 2 is 1.54 bits per heavy atom. The number of thioether (sulfide) groups is 1. The van der Waals surface area contributed by atoms with Crippen LogP contribution in [0.2, 0.25) is 0 Å². The van der Waals surface area contributed by atoms with Crippen molar-refractivity contribution in [2.75, 3.05) is 17.3 Å². The number of azo groups is 1. The summed E-state index contributed by atoms with van der Waals surface area (Å²) in [6, 6.07) is 17.2. The molecule has 2 fully saturated rings. The predicted octanol–water partition coefficient (Wildman–Crippen LogP) is 10.4. The lowest BCUT2D eigenvalue weighted by molar-refractivity contribution is -0.119. The van der Waals surface area contributed by atoms with Gasteiger partial charge in [-0.15, -0.1) is 32.9 Å². The summed E-state index contributed by atoms with van der Waals surface area (Å²) in [5.41, 5.74) is 3.22. The van der Waals surface area contributed by atoms with E-state index in [4.69, 9.17) is 4.98 Å². The van der Waals surface area contributed by atoms with Crippen LogP contribution in [0.1, 0.15) is 87.4 Å². The summed E-state index contributed by atoms with van der Waals surface area (Å²) in [5.74, 6) is 3.28. The smallest absolute Gasteiger partial charge is 0.315 e. The number of nitrogens with one attached hydrogen (secondary N) is 3. The highest BCUT2D eigenvalue weighted by molar-refractivity contribution is 8.76. The largest absolute Gasteiger partial charge is 0.332 e. The third-order valence-corrected chi connectivity index (χ3v) is 16.0. The summed E-state index contributed by atoms with van der Waals surface area (Å²) in [5, 5.41) is 22.6. The molecule has 61 heavy (non-hydrogen) atoms. The van der Waals surface area contributed by atoms with Crippen LogP contribution in [-0.2, 0) is 9.59 Å². The van der Waals surface area contributed by atoms with E-state index in [-0.39, 0.29) is 40.9 Å². The van der Waals surface area contributed by atoms with E-state index < -0.39 is 0 Å². The van der Waals surface area contributed by atoms with Gasteiger partial charge in [-0.05, 0) is 32.1 Å². The Kier molecular flexibility index (Phi) is 16.6. The van der Waals surface area contributed by atoms with Crippen molar-refractivity contribution in [1.82, 2.24) is 30.4 Å². The number of fused-ring (bicyclic) bond motifs is 1. The van der Waals surface area contributed by atoms with E-state index in [9.17, 15) is 24.0 Å². The third-order valence-electron chi connectivity index (χ3n) is 10.5. The van der Waals surface area contributed by atoms with Crippen LogP contribution in [0.5, 0.6) is 0 Å². The zero-order valence-electron chi connectivity index (χ0n) is 33.6. The molecule has 0 saturated carbocycles. The van der Waals surface area contributed by atoms with E-state index >= 15 is 0 Å². The number of thiazole rings is 2. The second-order valence-electron chi connectivity index (χ2n) is 14.9. The van der Waals surface area contributed by atoms with Crippen LogP contribution in [-0.4, -0.2) is 77.7 Å². The quantitative estimate of drug-likeness (QED) is 0.0168. The monoisotopic (exact) mass is 916 g/mol. The van der Waals surface area contributed by atoms with E-state index in [0.717, 1.165) is 73.3 Å². The minimum atomic E-state index is -0.382. The molecule has 0 spiro atoms. The molecule has 13 nitrogen and oxygen atoms in total. The molecule has 7 rings (SSSR count). The Balaban J connectivity index is 0.749. The maximum absolute atomic E-state index is 13.6. The molecular formula is C43H48N8O5S5. The molecule has 5 aromatic rings. The predicted molar refractivity (Wildman–Crippen MR) is 249 cm³/mol. The summed E-state index contributed by atoms with van der Waals surface area (Å²) in [7, 11) is 3.43. The van der Waals surface area contributed by atoms with Crippen LogP contribution in [0.4, 0.5) is 15.6 Å². The summed E-state index contributed by atoms with van der Waals surface area (Å²) < 4.78 is 1.37. The number of H-pyrrole nitrogens is 1. The van der Waals surface area contributed by atoms with Gasteiger partial charge in [0.1, 0.15) is 11.6 Å². The van der Waals surface area contributed by atoms with Crippen LogP contribution in [0, 0.1) is 0 Å². The number of nitrogens with zero attached hydrogens (tertiary/aromatic N) is 5. The van der Waals surface area contributed by atoms with Crippen molar-refractivity contribution in [3.63, 3.8) is 0 Å². The standard InChI is InChI=1S/C43H48N8O5S5/c52-31(13-7-8-16-36-38-34(27-58-36)45-41(56)47-38)14-9-23-60-61-24-21-32(53)12-5-2-6-15-35(54)29-19-17-28(18-20-29)33-26-59-43(46-33)51-40(55)39(48-49-42-44-22-25-57-42)37(50-51)30-10-3-1-4-11-30/h1,3-4,10-11,17-20,22,25-26,34,36,38,50H,2,5-9,12-16,21,23-24,27H2,(H2,45,47,56). The lowest BCUT2D eigenvalue weighted by Gasteiger charge is -2.16. The summed E-state index contributed by atoms with van der Waals surface area (Å²) >= 11 is 4.56. The SMILES string of the molecule is O=C(CCCCC1SCC2NC(=O)NC21)CCCSSCCC(=O)CCCCCC(=O)c1ccc(-c2csc(-n3[nH]c(-c4ccccc4)c(N=Nc4nccs4)c3=O)n2)cc1. The fourth-order valence-electron chi connectivity index (χ4n) is 7.24. The Labute approximate surface area is 374 Å². The average molecular weight is 917 g/mol. The lowest BCUT2D eigenvalue weighted by atomic mass is 10.0. The second-order valence-corrected chi connectivity index (χ2v) is 20.6. The van der Waals surface area contributed by atoms with Gasteiger partial charge in [0.05, 0.1) is 23.5 Å². The molecule has 2 amide bonds. The van der Waals surface area contributed by atoms with Crippen molar-refractivity contribution in [1.29, 1.82) is 0 Å². The fourth-order valence-corrected chi connectivity index (χ4v) is 12.1. The molecular weight excluding hydrogens is 869 g/mol. The van der Waals surface area contributed by atoms with Crippen LogP contribution >= 0.6 is 56.0 Å². The Bertz CT molecular complexity index is 2330. The van der Waals surface area contributed by atoms with Crippen molar-refractivity contribution < 1.29 is 19.2 Å². The first-order chi connectivity index (χ1) is 29.8. The highest BCUT2D eigenvalue weighted by Crippen LogP contribution is 2.34. The highest BCUT2D eigenvalue weighted by Gasteiger charge is 2.42. The van der Waals surface area contributed by atoms with Gasteiger partial charge in [0.2, 0.25) is 10.3 Å². The minimum Gasteiger partial charge on any atom is -0.332 e. The number of aromatic nitrogens is 4. The van der Waals surface area contributed by atoms with E-state index in [0.29, 0.717) is 70.4 Å². The van der Waals surface area contributed by atoms with Crippen LogP contribution in [0.3, 0.4) is 0 Å². The summed E-state index contributed by atoms with van der Waals surface area (Å²) in [6.45, 7) is 0. The molecule has 3 unspecified atom stereocenters. The molecule has 18 heteroatoms. The third kappa shape index (κ3) is 12.6. The average Bonchev–Trinajstić information content (AvgIpc) is 4.13. The number of hydrogen-bond donors (Lipinski definition) is 3. The van der Waals surface area contributed by atoms with E-state index in [1.807, 2.05) is 71.7 Å². The maximum atomic E-state index is 13.6. The number of hydrogen-bond acceptors (Lipinski definition) is 14. The Morgan fingerprint density at radius 1 is 0.787 bits per heavy atom. The maximum Gasteiger partial charge on any atom is 0.315 e. The van der Waals surface area contributed by atoms with Gasteiger partial charge in [-0.3, -0.25) is 24.3 Å². The van der Waals surface area contributed by atoms with Gasteiger partial charge in [-0.25, -0.2) is 14.8 Å². The normalized spacial score (nSPS) is 17.1. The number of ketones is 3. The molecule has 3 N–H and O–H groups in total. The van der Waals surface area contributed by atoms with E-state index in [1.165, 1.54) is 27.4 Å². The number of carbonyl (C=O) groups excluding carboxylic acids is 4. The molecule has 2 aliphatic heterocycles. The molecule has 2 saturated heterocycles. The number of amides is 2. The summed E-state index contributed by atoms with van der Waals surface area (Å²) in [6.07, 6.45) is 10.5. The van der Waals surface area contributed by atoms with Crippen LogP contribution in [0.15, 0.2) is 86.6 Å². The lowest BCUT2D eigenvalue weighted by Crippen LogP contribution is -2.36. The second kappa shape index (κ2) is 22.6. The number of urea groups is 1. The van der Waals surface area contributed by atoms with Crippen molar-refractivity contribution in [3.8, 4) is 27.6 Å². The van der Waals surface area contributed by atoms with E-state index in [2.05, 4.69) is 30.9 Å². The number of Topliss-reactive ketones (excluding diaryl/α,β-unsaturated/α-hetero) is 3.